The Morgan fingerprint density at radius 2 is 1.93 bits per heavy atom. The van der Waals surface area contributed by atoms with Crippen molar-refractivity contribution in [1.29, 1.82) is 0 Å². The summed E-state index contributed by atoms with van der Waals surface area (Å²) in [5.74, 6) is 1.92. The highest BCUT2D eigenvalue weighted by atomic mass is 16.5. The molecule has 0 atom stereocenters. The van der Waals surface area contributed by atoms with Crippen LogP contribution in [0, 0.1) is 0 Å². The number of piperidine rings is 1. The van der Waals surface area contributed by atoms with Crippen LogP contribution in [-0.4, -0.2) is 59.5 Å². The predicted molar refractivity (Wildman–Crippen MR) is 110 cm³/mol. The number of likely N-dealkylation sites (N-methyl/N-ethyl adjacent to an activating group) is 1. The van der Waals surface area contributed by atoms with E-state index in [1.807, 2.05) is 29.2 Å². The zero-order valence-electron chi connectivity index (χ0n) is 17.1. The van der Waals surface area contributed by atoms with E-state index >= 15 is 0 Å². The van der Waals surface area contributed by atoms with Gasteiger partial charge < -0.3 is 19.5 Å². The molecule has 0 spiro atoms. The number of aromatic amines is 1. The van der Waals surface area contributed by atoms with Crippen LogP contribution in [0.1, 0.15) is 41.4 Å². The van der Waals surface area contributed by atoms with E-state index in [0.717, 1.165) is 60.7 Å². The van der Waals surface area contributed by atoms with E-state index in [1.54, 1.807) is 7.11 Å². The van der Waals surface area contributed by atoms with Gasteiger partial charge in [0.25, 0.3) is 5.56 Å². The van der Waals surface area contributed by atoms with E-state index in [4.69, 9.17) is 9.72 Å². The number of methoxy groups -OCH3 is 1. The van der Waals surface area contributed by atoms with E-state index < -0.39 is 0 Å². The number of amides is 1. The molecule has 1 aromatic carbocycles. The van der Waals surface area contributed by atoms with Crippen molar-refractivity contribution in [2.75, 3.05) is 33.8 Å². The van der Waals surface area contributed by atoms with Gasteiger partial charge in [-0.15, -0.1) is 0 Å². The largest absolute Gasteiger partial charge is 0.497 e. The minimum atomic E-state index is 0.0103. The van der Waals surface area contributed by atoms with Gasteiger partial charge in [0.2, 0.25) is 5.91 Å². The zero-order chi connectivity index (χ0) is 20.4. The van der Waals surface area contributed by atoms with Crippen molar-refractivity contribution in [3.8, 4) is 5.75 Å². The number of H-pyrrole nitrogens is 1. The molecular formula is C22H28N4O3. The Morgan fingerprint density at radius 1 is 1.21 bits per heavy atom. The first-order valence-electron chi connectivity index (χ1n) is 10.2. The first-order chi connectivity index (χ1) is 14.0. The van der Waals surface area contributed by atoms with Gasteiger partial charge in [0.15, 0.2) is 0 Å². The molecule has 3 heterocycles. The SMILES string of the molecule is COc1ccc(CC(=O)N2CCC(c3nc4c(c(=O)[nH]3)CCN(C)C4)CC2)cc1. The summed E-state index contributed by atoms with van der Waals surface area (Å²) < 4.78 is 5.16. The third kappa shape index (κ3) is 4.34. The number of benzene rings is 1. The molecule has 0 bridgehead atoms. The monoisotopic (exact) mass is 396 g/mol. The minimum Gasteiger partial charge on any atom is -0.497 e. The summed E-state index contributed by atoms with van der Waals surface area (Å²) in [6, 6.07) is 7.62. The van der Waals surface area contributed by atoms with Crippen LogP contribution in [0.25, 0.3) is 0 Å². The van der Waals surface area contributed by atoms with Crippen molar-refractivity contribution in [1.82, 2.24) is 19.8 Å². The Morgan fingerprint density at radius 3 is 2.62 bits per heavy atom. The average molecular weight is 396 g/mol. The number of rotatable bonds is 4. The van der Waals surface area contributed by atoms with Crippen molar-refractivity contribution >= 4 is 5.91 Å². The van der Waals surface area contributed by atoms with Crippen LogP contribution >= 0.6 is 0 Å². The first kappa shape index (κ1) is 19.6. The van der Waals surface area contributed by atoms with Gasteiger partial charge in [0.05, 0.1) is 19.2 Å². The normalized spacial score (nSPS) is 17.8. The molecule has 1 aromatic heterocycles. The Labute approximate surface area is 170 Å². The van der Waals surface area contributed by atoms with E-state index in [9.17, 15) is 9.59 Å². The molecule has 7 heteroatoms. The van der Waals surface area contributed by atoms with Crippen LogP contribution in [-0.2, 0) is 24.2 Å². The minimum absolute atomic E-state index is 0.0103. The number of hydrogen-bond acceptors (Lipinski definition) is 5. The molecule has 0 saturated carbocycles. The fraction of sp³-hybridized carbons (Fsp3) is 0.500. The molecule has 0 unspecified atom stereocenters. The molecule has 29 heavy (non-hydrogen) atoms. The molecule has 2 aliphatic heterocycles. The molecule has 2 aromatic rings. The third-order valence-corrected chi connectivity index (χ3v) is 6.03. The lowest BCUT2D eigenvalue weighted by molar-refractivity contribution is -0.131. The van der Waals surface area contributed by atoms with Gasteiger partial charge in [0, 0.05) is 37.7 Å². The van der Waals surface area contributed by atoms with Gasteiger partial charge in [0.1, 0.15) is 11.6 Å². The van der Waals surface area contributed by atoms with Crippen LogP contribution in [0.5, 0.6) is 5.75 Å². The summed E-state index contributed by atoms with van der Waals surface area (Å²) in [7, 11) is 3.69. The molecule has 0 radical (unpaired) electrons. The molecular weight excluding hydrogens is 368 g/mol. The highest BCUT2D eigenvalue weighted by molar-refractivity contribution is 5.78. The number of fused-ring (bicyclic) bond motifs is 1. The maximum Gasteiger partial charge on any atom is 0.254 e. The Kier molecular flexibility index (Phi) is 5.67. The lowest BCUT2D eigenvalue weighted by Gasteiger charge is -2.32. The third-order valence-electron chi connectivity index (χ3n) is 6.03. The summed E-state index contributed by atoms with van der Waals surface area (Å²) >= 11 is 0. The quantitative estimate of drug-likeness (QED) is 0.851. The molecule has 1 amide bonds. The number of ether oxygens (including phenoxy) is 1. The van der Waals surface area contributed by atoms with E-state index in [-0.39, 0.29) is 17.4 Å². The number of carbonyl (C=O) groups excluding carboxylic acids is 1. The fourth-order valence-corrected chi connectivity index (χ4v) is 4.22. The maximum absolute atomic E-state index is 12.7. The number of nitrogens with zero attached hydrogens (tertiary/aromatic N) is 3. The van der Waals surface area contributed by atoms with Crippen molar-refractivity contribution in [3.05, 3.63) is 57.3 Å². The van der Waals surface area contributed by atoms with Gasteiger partial charge in [-0.05, 0) is 44.0 Å². The Hall–Kier alpha value is -2.67. The van der Waals surface area contributed by atoms with Crippen LogP contribution in [0.4, 0.5) is 0 Å². The summed E-state index contributed by atoms with van der Waals surface area (Å²) in [5, 5.41) is 0. The Balaban J connectivity index is 1.38. The number of carbonyl (C=O) groups is 1. The number of aromatic nitrogens is 2. The van der Waals surface area contributed by atoms with Crippen LogP contribution < -0.4 is 10.3 Å². The molecule has 1 fully saturated rings. The topological polar surface area (TPSA) is 78.5 Å². The molecule has 7 nitrogen and oxygen atoms in total. The second-order valence-electron chi connectivity index (χ2n) is 8.04. The smallest absolute Gasteiger partial charge is 0.254 e. The van der Waals surface area contributed by atoms with Crippen LogP contribution in [0.2, 0.25) is 0 Å². The van der Waals surface area contributed by atoms with Crippen molar-refractivity contribution in [2.24, 2.45) is 0 Å². The van der Waals surface area contributed by atoms with Gasteiger partial charge in [-0.3, -0.25) is 9.59 Å². The van der Waals surface area contributed by atoms with Crippen molar-refractivity contribution in [2.45, 2.75) is 38.1 Å². The van der Waals surface area contributed by atoms with E-state index in [2.05, 4.69) is 16.9 Å². The molecule has 1 saturated heterocycles. The van der Waals surface area contributed by atoms with Gasteiger partial charge in [-0.1, -0.05) is 12.1 Å². The van der Waals surface area contributed by atoms with E-state index in [0.29, 0.717) is 19.5 Å². The first-order valence-corrected chi connectivity index (χ1v) is 10.2. The lowest BCUT2D eigenvalue weighted by atomic mass is 9.94. The second-order valence-corrected chi connectivity index (χ2v) is 8.04. The van der Waals surface area contributed by atoms with E-state index in [1.165, 1.54) is 0 Å². The summed E-state index contributed by atoms with van der Waals surface area (Å²) in [6.45, 7) is 3.01. The molecule has 154 valence electrons. The molecule has 2 aliphatic rings. The fourth-order valence-electron chi connectivity index (χ4n) is 4.22. The van der Waals surface area contributed by atoms with Gasteiger partial charge >= 0.3 is 0 Å². The number of nitrogens with one attached hydrogen (secondary N) is 1. The predicted octanol–water partition coefficient (Wildman–Crippen LogP) is 1.72. The highest BCUT2D eigenvalue weighted by Crippen LogP contribution is 2.26. The number of likely N-dealkylation sites (tertiary alicyclic amines) is 1. The molecule has 0 aliphatic carbocycles. The zero-order valence-corrected chi connectivity index (χ0v) is 17.1. The van der Waals surface area contributed by atoms with Crippen LogP contribution in [0.15, 0.2) is 29.1 Å². The molecule has 1 N–H and O–H groups in total. The van der Waals surface area contributed by atoms with Gasteiger partial charge in [-0.25, -0.2) is 4.98 Å². The van der Waals surface area contributed by atoms with Crippen LogP contribution in [0.3, 0.4) is 0 Å². The van der Waals surface area contributed by atoms with Crippen molar-refractivity contribution in [3.63, 3.8) is 0 Å². The van der Waals surface area contributed by atoms with Crippen molar-refractivity contribution < 1.29 is 9.53 Å². The summed E-state index contributed by atoms with van der Waals surface area (Å²) in [4.78, 5) is 37.0. The Bertz CT molecular complexity index is 930. The highest BCUT2D eigenvalue weighted by Gasteiger charge is 2.27. The molecule has 4 rings (SSSR count). The average Bonchev–Trinajstić information content (AvgIpc) is 2.74. The summed E-state index contributed by atoms with van der Waals surface area (Å²) in [6.07, 6.45) is 2.81. The van der Waals surface area contributed by atoms with Gasteiger partial charge in [-0.2, -0.15) is 0 Å². The lowest BCUT2D eigenvalue weighted by Crippen LogP contribution is -2.40. The standard InChI is InChI=1S/C22H28N4O3/c1-25-10-9-18-19(14-25)23-21(24-22(18)28)16-7-11-26(12-8-16)20(27)13-15-3-5-17(29-2)6-4-15/h3-6,16H,7-14H2,1-2H3,(H,23,24,28). The maximum atomic E-state index is 12.7. The second kappa shape index (κ2) is 8.37. The summed E-state index contributed by atoms with van der Waals surface area (Å²) in [5.41, 5.74) is 2.74. The number of hydrogen-bond donors (Lipinski definition) is 1.